The van der Waals surface area contributed by atoms with Crippen LogP contribution < -0.4 is 0 Å². The number of amidine groups is 1. The smallest absolute Gasteiger partial charge is 0.413 e. The maximum absolute atomic E-state index is 14.9. The van der Waals surface area contributed by atoms with Gasteiger partial charge in [0.05, 0.1) is 11.4 Å². The van der Waals surface area contributed by atoms with E-state index in [1.54, 1.807) is 20.8 Å². The van der Waals surface area contributed by atoms with Gasteiger partial charge < -0.3 is 9.84 Å². The Balaban J connectivity index is 2.12. The Morgan fingerprint density at radius 2 is 2.03 bits per heavy atom. The minimum absolute atomic E-state index is 0.0888. The van der Waals surface area contributed by atoms with Gasteiger partial charge in [-0.1, -0.05) is 27.7 Å². The molecule has 12 heteroatoms. The van der Waals surface area contributed by atoms with Gasteiger partial charge in [-0.15, -0.1) is 0 Å². The maximum Gasteiger partial charge on any atom is 0.413 e. The molecule has 3 atom stereocenters. The first-order chi connectivity index (χ1) is 14.7. The van der Waals surface area contributed by atoms with Crippen LogP contribution in [0.15, 0.2) is 27.7 Å². The summed E-state index contributed by atoms with van der Waals surface area (Å²) in [5.41, 5.74) is -2.88. The average Bonchev–Trinajstić information content (AvgIpc) is 3.35. The van der Waals surface area contributed by atoms with Crippen LogP contribution in [0.4, 0.5) is 26.7 Å². The van der Waals surface area contributed by atoms with Gasteiger partial charge in [0, 0.05) is 21.5 Å². The van der Waals surface area contributed by atoms with E-state index < -0.39 is 59.7 Å². The van der Waals surface area contributed by atoms with Crippen LogP contribution in [0.25, 0.3) is 0 Å². The fourth-order valence-electron chi connectivity index (χ4n) is 4.01. The SMILES string of the molecule is CC(C)(C)N(C(=O)O)C1=N[C@](CF)(c2cc(Br)ccc2F)[C@@H]2C[C@]2(COCC(F)(F)F)S1. The molecule has 178 valence electrons. The summed E-state index contributed by atoms with van der Waals surface area (Å²) >= 11 is 4.18. The molecule has 1 aliphatic carbocycles. The molecule has 2 aliphatic rings. The molecular formula is C20H22BrF5N2O3S. The van der Waals surface area contributed by atoms with Crippen LogP contribution >= 0.6 is 27.7 Å². The second-order valence-corrected chi connectivity index (χ2v) is 11.2. The number of rotatable bonds is 5. The minimum Gasteiger partial charge on any atom is -0.465 e. The van der Waals surface area contributed by atoms with Crippen molar-refractivity contribution in [3.05, 3.63) is 34.1 Å². The number of aliphatic imine (C=N–C) groups is 1. The van der Waals surface area contributed by atoms with Crippen LogP contribution in [-0.2, 0) is 10.3 Å². The zero-order chi connectivity index (χ0) is 24.1. The molecule has 0 aromatic heterocycles. The Labute approximate surface area is 194 Å². The van der Waals surface area contributed by atoms with E-state index in [0.29, 0.717) is 4.47 Å². The van der Waals surface area contributed by atoms with Crippen molar-refractivity contribution in [2.45, 2.75) is 49.2 Å². The molecule has 1 aromatic carbocycles. The van der Waals surface area contributed by atoms with E-state index in [0.717, 1.165) is 22.7 Å². The first kappa shape index (κ1) is 25.2. The van der Waals surface area contributed by atoms with Gasteiger partial charge in [0.1, 0.15) is 24.6 Å². The van der Waals surface area contributed by atoms with E-state index in [1.165, 1.54) is 12.1 Å². The molecule has 32 heavy (non-hydrogen) atoms. The average molecular weight is 545 g/mol. The predicted octanol–water partition coefficient (Wildman–Crippen LogP) is 5.97. The Morgan fingerprint density at radius 3 is 2.56 bits per heavy atom. The number of ether oxygens (including phenoxy) is 1. The molecule has 0 bridgehead atoms. The summed E-state index contributed by atoms with van der Waals surface area (Å²) < 4.78 is 71.8. The molecule has 1 heterocycles. The third-order valence-corrected chi connectivity index (χ3v) is 7.38. The van der Waals surface area contributed by atoms with Crippen molar-refractivity contribution in [3.8, 4) is 0 Å². The highest BCUT2D eigenvalue weighted by Gasteiger charge is 2.69. The Hall–Kier alpha value is -1.40. The monoisotopic (exact) mass is 544 g/mol. The Morgan fingerprint density at radius 1 is 1.38 bits per heavy atom. The van der Waals surface area contributed by atoms with Gasteiger partial charge in [0.15, 0.2) is 5.17 Å². The molecule has 1 amide bonds. The number of hydrogen-bond acceptors (Lipinski definition) is 4. The molecule has 1 aromatic rings. The molecular weight excluding hydrogens is 523 g/mol. The lowest BCUT2D eigenvalue weighted by molar-refractivity contribution is -0.174. The van der Waals surface area contributed by atoms with Crippen molar-refractivity contribution in [3.63, 3.8) is 0 Å². The fraction of sp³-hybridized carbons (Fsp3) is 0.600. The normalized spacial score (nSPS) is 27.5. The summed E-state index contributed by atoms with van der Waals surface area (Å²) in [6.45, 7) is 1.75. The number of nitrogens with zero attached hydrogens (tertiary/aromatic N) is 2. The number of fused-ring (bicyclic) bond motifs is 1. The molecule has 1 fully saturated rings. The maximum atomic E-state index is 14.9. The lowest BCUT2D eigenvalue weighted by atomic mass is 9.85. The number of carbonyl (C=O) groups is 1. The molecule has 1 saturated carbocycles. The standard InChI is InChI=1S/C20H22BrF5N2O3S/c1-17(2,3)28(16(29)30)15-27-19(8-22,12-6-11(21)4-5-13(12)23)14-7-18(14,32-15)9-31-10-20(24,25)26/h4-6,14H,7-10H2,1-3H3,(H,29,30)/t14-,18-,19-/m1/s1. The number of hydrogen-bond donors (Lipinski definition) is 1. The van der Waals surface area contributed by atoms with Crippen LogP contribution in [0.1, 0.15) is 32.8 Å². The molecule has 0 radical (unpaired) electrons. The van der Waals surface area contributed by atoms with E-state index in [4.69, 9.17) is 4.74 Å². The van der Waals surface area contributed by atoms with Crippen LogP contribution in [-0.4, -0.2) is 57.6 Å². The molecule has 0 saturated heterocycles. The highest BCUT2D eigenvalue weighted by molar-refractivity contribution is 9.10. The first-order valence-corrected chi connectivity index (χ1v) is 11.2. The number of carboxylic acid groups (broad SMARTS) is 1. The summed E-state index contributed by atoms with van der Waals surface area (Å²) in [5, 5.41) is 9.71. The van der Waals surface area contributed by atoms with Gasteiger partial charge >= 0.3 is 12.3 Å². The highest BCUT2D eigenvalue weighted by atomic mass is 79.9. The molecule has 1 N–H and O–H groups in total. The van der Waals surface area contributed by atoms with Gasteiger partial charge in [-0.25, -0.2) is 18.6 Å². The van der Waals surface area contributed by atoms with E-state index in [9.17, 15) is 31.9 Å². The van der Waals surface area contributed by atoms with Crippen molar-refractivity contribution < 1.29 is 36.6 Å². The predicted molar refractivity (Wildman–Crippen MR) is 114 cm³/mol. The lowest BCUT2D eigenvalue weighted by Crippen LogP contribution is -2.52. The second kappa shape index (κ2) is 8.43. The minimum atomic E-state index is -4.55. The zero-order valence-electron chi connectivity index (χ0n) is 17.5. The number of halogens is 6. The Bertz CT molecular complexity index is 939. The quantitative estimate of drug-likeness (QED) is 0.464. The lowest BCUT2D eigenvalue weighted by Gasteiger charge is -2.41. The molecule has 0 unspecified atom stereocenters. The summed E-state index contributed by atoms with van der Waals surface area (Å²) in [6.07, 6.45) is -5.73. The summed E-state index contributed by atoms with van der Waals surface area (Å²) in [6, 6.07) is 3.93. The molecule has 1 aliphatic heterocycles. The van der Waals surface area contributed by atoms with E-state index >= 15 is 0 Å². The van der Waals surface area contributed by atoms with E-state index in [2.05, 4.69) is 20.9 Å². The van der Waals surface area contributed by atoms with Crippen molar-refractivity contribution in [1.82, 2.24) is 4.90 Å². The van der Waals surface area contributed by atoms with Gasteiger partial charge in [-0.2, -0.15) is 13.2 Å². The largest absolute Gasteiger partial charge is 0.465 e. The summed E-state index contributed by atoms with van der Waals surface area (Å²) in [7, 11) is 0. The number of benzene rings is 1. The Kier molecular flexibility index (Phi) is 6.64. The number of amides is 1. The van der Waals surface area contributed by atoms with Gasteiger partial charge in [-0.05, 0) is 45.4 Å². The van der Waals surface area contributed by atoms with Crippen molar-refractivity contribution in [2.24, 2.45) is 10.9 Å². The van der Waals surface area contributed by atoms with Crippen LogP contribution in [0.3, 0.4) is 0 Å². The molecule has 0 spiro atoms. The summed E-state index contributed by atoms with van der Waals surface area (Å²) in [4.78, 5) is 17.4. The van der Waals surface area contributed by atoms with Crippen molar-refractivity contribution in [1.29, 1.82) is 0 Å². The fourth-order valence-corrected chi connectivity index (χ4v) is 6.11. The van der Waals surface area contributed by atoms with Gasteiger partial charge in [-0.3, -0.25) is 4.90 Å². The number of thioether (sulfide) groups is 1. The van der Waals surface area contributed by atoms with E-state index in [-0.39, 0.29) is 17.2 Å². The molecule has 5 nitrogen and oxygen atoms in total. The van der Waals surface area contributed by atoms with Crippen molar-refractivity contribution >= 4 is 39.0 Å². The third-order valence-electron chi connectivity index (χ3n) is 5.45. The van der Waals surface area contributed by atoms with Crippen LogP contribution in [0.5, 0.6) is 0 Å². The summed E-state index contributed by atoms with van der Waals surface area (Å²) in [5.74, 6) is -1.42. The zero-order valence-corrected chi connectivity index (χ0v) is 19.9. The van der Waals surface area contributed by atoms with Gasteiger partial charge in [0.2, 0.25) is 0 Å². The van der Waals surface area contributed by atoms with Gasteiger partial charge in [0.25, 0.3) is 0 Å². The molecule has 3 rings (SSSR count). The van der Waals surface area contributed by atoms with Crippen molar-refractivity contribution in [2.75, 3.05) is 19.9 Å². The third kappa shape index (κ3) is 4.77. The van der Waals surface area contributed by atoms with Crippen LogP contribution in [0, 0.1) is 11.7 Å². The topological polar surface area (TPSA) is 62.1 Å². The highest BCUT2D eigenvalue weighted by Crippen LogP contribution is 2.67. The van der Waals surface area contributed by atoms with E-state index in [1.807, 2.05) is 0 Å². The van der Waals surface area contributed by atoms with Crippen LogP contribution in [0.2, 0.25) is 0 Å². The second-order valence-electron chi connectivity index (χ2n) is 8.90. The first-order valence-electron chi connectivity index (χ1n) is 9.63. The number of alkyl halides is 4.